The summed E-state index contributed by atoms with van der Waals surface area (Å²) in [5.74, 6) is -1.22. The SMILES string of the molecule is CC(C)c1cc(=O)[nH]c(Nc2ccc(F)cc2F)n1. The molecule has 0 bridgehead atoms. The average Bonchev–Trinajstić information content (AvgIpc) is 2.32. The molecule has 0 aliphatic carbocycles. The van der Waals surface area contributed by atoms with E-state index < -0.39 is 11.6 Å². The fraction of sp³-hybridized carbons (Fsp3) is 0.231. The van der Waals surface area contributed by atoms with Gasteiger partial charge >= 0.3 is 0 Å². The molecule has 1 aromatic carbocycles. The largest absolute Gasteiger partial charge is 0.323 e. The lowest BCUT2D eigenvalue weighted by Crippen LogP contribution is -2.13. The molecule has 2 aromatic rings. The van der Waals surface area contributed by atoms with Gasteiger partial charge in [0.15, 0.2) is 0 Å². The molecule has 0 unspecified atom stereocenters. The highest BCUT2D eigenvalue weighted by molar-refractivity contribution is 5.53. The quantitative estimate of drug-likeness (QED) is 0.897. The summed E-state index contributed by atoms with van der Waals surface area (Å²) < 4.78 is 26.3. The van der Waals surface area contributed by atoms with Crippen LogP contribution in [0.25, 0.3) is 0 Å². The van der Waals surface area contributed by atoms with Crippen LogP contribution in [-0.2, 0) is 0 Å². The van der Waals surface area contributed by atoms with Crippen molar-refractivity contribution < 1.29 is 8.78 Å². The van der Waals surface area contributed by atoms with Crippen molar-refractivity contribution in [2.24, 2.45) is 0 Å². The van der Waals surface area contributed by atoms with Crippen molar-refractivity contribution in [2.45, 2.75) is 19.8 Å². The number of benzene rings is 1. The third-order valence-corrected chi connectivity index (χ3v) is 2.54. The summed E-state index contributed by atoms with van der Waals surface area (Å²) in [4.78, 5) is 18.1. The van der Waals surface area contributed by atoms with E-state index >= 15 is 0 Å². The molecule has 0 aliphatic heterocycles. The van der Waals surface area contributed by atoms with Gasteiger partial charge in [0.25, 0.3) is 5.56 Å². The standard InChI is InChI=1S/C13H13F2N3O/c1-7(2)11-6-12(19)18-13(17-11)16-10-4-3-8(14)5-9(10)15/h3-7H,1-2H3,(H2,16,17,18,19). The molecule has 4 nitrogen and oxygen atoms in total. The van der Waals surface area contributed by atoms with Crippen LogP contribution in [-0.4, -0.2) is 9.97 Å². The molecule has 0 atom stereocenters. The van der Waals surface area contributed by atoms with Crippen LogP contribution in [0.4, 0.5) is 20.4 Å². The van der Waals surface area contributed by atoms with Crippen LogP contribution in [0.2, 0.25) is 0 Å². The van der Waals surface area contributed by atoms with Gasteiger partial charge in [-0.3, -0.25) is 9.78 Å². The van der Waals surface area contributed by atoms with Crippen molar-refractivity contribution in [3.05, 3.63) is 51.9 Å². The Morgan fingerprint density at radius 1 is 1.26 bits per heavy atom. The first-order chi connectivity index (χ1) is 8.95. The summed E-state index contributed by atoms with van der Waals surface area (Å²) in [6.07, 6.45) is 0. The molecule has 0 aliphatic rings. The predicted octanol–water partition coefficient (Wildman–Crippen LogP) is 2.92. The summed E-state index contributed by atoms with van der Waals surface area (Å²) in [5.41, 5.74) is 0.308. The van der Waals surface area contributed by atoms with Crippen LogP contribution < -0.4 is 10.9 Å². The van der Waals surface area contributed by atoms with Crippen LogP contribution in [0.5, 0.6) is 0 Å². The Kier molecular flexibility index (Phi) is 3.59. The minimum Gasteiger partial charge on any atom is -0.323 e. The van der Waals surface area contributed by atoms with Crippen LogP contribution >= 0.6 is 0 Å². The Morgan fingerprint density at radius 2 is 2.00 bits per heavy atom. The third-order valence-electron chi connectivity index (χ3n) is 2.54. The average molecular weight is 265 g/mol. The highest BCUT2D eigenvalue weighted by Gasteiger charge is 2.08. The Bertz CT molecular complexity index is 653. The fourth-order valence-electron chi connectivity index (χ4n) is 1.55. The summed E-state index contributed by atoms with van der Waals surface area (Å²) in [6.45, 7) is 3.79. The molecule has 0 saturated heterocycles. The maximum atomic E-state index is 13.5. The van der Waals surface area contributed by atoms with Gasteiger partial charge in [-0.05, 0) is 18.1 Å². The first kappa shape index (κ1) is 13.2. The highest BCUT2D eigenvalue weighted by atomic mass is 19.1. The molecular weight excluding hydrogens is 252 g/mol. The van der Waals surface area contributed by atoms with Gasteiger partial charge in [0, 0.05) is 12.1 Å². The number of aromatic nitrogens is 2. The van der Waals surface area contributed by atoms with E-state index in [9.17, 15) is 13.6 Å². The summed E-state index contributed by atoms with van der Waals surface area (Å²) in [5, 5.41) is 2.63. The van der Waals surface area contributed by atoms with Gasteiger partial charge in [-0.25, -0.2) is 13.8 Å². The number of rotatable bonds is 3. The Labute approximate surface area is 108 Å². The Balaban J connectivity index is 2.35. The van der Waals surface area contributed by atoms with Crippen molar-refractivity contribution in [2.75, 3.05) is 5.32 Å². The molecule has 1 heterocycles. The van der Waals surface area contributed by atoms with Crippen LogP contribution in [0.15, 0.2) is 29.1 Å². The van der Waals surface area contributed by atoms with Crippen molar-refractivity contribution in [3.8, 4) is 0 Å². The van der Waals surface area contributed by atoms with Crippen molar-refractivity contribution in [1.82, 2.24) is 9.97 Å². The van der Waals surface area contributed by atoms with Gasteiger partial charge in [0.1, 0.15) is 11.6 Å². The summed E-state index contributed by atoms with van der Waals surface area (Å²) in [6, 6.07) is 4.51. The number of nitrogens with one attached hydrogen (secondary N) is 2. The maximum Gasteiger partial charge on any atom is 0.252 e. The fourth-order valence-corrected chi connectivity index (χ4v) is 1.55. The molecule has 0 spiro atoms. The van der Waals surface area contributed by atoms with Crippen LogP contribution in [0.3, 0.4) is 0 Å². The molecule has 2 rings (SSSR count). The lowest BCUT2D eigenvalue weighted by molar-refractivity contribution is 0.586. The Morgan fingerprint density at radius 3 is 2.63 bits per heavy atom. The second-order valence-electron chi connectivity index (χ2n) is 4.42. The zero-order valence-electron chi connectivity index (χ0n) is 10.5. The second-order valence-corrected chi connectivity index (χ2v) is 4.42. The molecule has 19 heavy (non-hydrogen) atoms. The smallest absolute Gasteiger partial charge is 0.252 e. The van der Waals surface area contributed by atoms with Crippen LogP contribution in [0.1, 0.15) is 25.5 Å². The summed E-state index contributed by atoms with van der Waals surface area (Å²) in [7, 11) is 0. The molecule has 1 aromatic heterocycles. The third kappa shape index (κ3) is 3.15. The Hall–Kier alpha value is -2.24. The van der Waals surface area contributed by atoms with Gasteiger partial charge in [0.05, 0.1) is 11.4 Å². The minimum absolute atomic E-state index is 0.0467. The highest BCUT2D eigenvalue weighted by Crippen LogP contribution is 2.19. The lowest BCUT2D eigenvalue weighted by Gasteiger charge is -2.09. The first-order valence-electron chi connectivity index (χ1n) is 5.79. The normalized spacial score (nSPS) is 10.8. The zero-order valence-corrected chi connectivity index (χ0v) is 10.5. The van der Waals surface area contributed by atoms with Gasteiger partial charge in [0.2, 0.25) is 5.95 Å². The predicted molar refractivity (Wildman–Crippen MR) is 68.6 cm³/mol. The second kappa shape index (κ2) is 5.17. The molecule has 0 radical (unpaired) electrons. The number of hydrogen-bond acceptors (Lipinski definition) is 3. The van der Waals surface area contributed by atoms with Gasteiger partial charge in [-0.15, -0.1) is 0 Å². The molecule has 100 valence electrons. The number of anilines is 2. The molecular formula is C13H13F2N3O. The first-order valence-corrected chi connectivity index (χ1v) is 5.79. The number of nitrogens with zero attached hydrogens (tertiary/aromatic N) is 1. The van der Waals surface area contributed by atoms with Gasteiger partial charge < -0.3 is 5.32 Å². The van der Waals surface area contributed by atoms with E-state index in [-0.39, 0.29) is 23.1 Å². The molecule has 2 N–H and O–H groups in total. The number of hydrogen-bond donors (Lipinski definition) is 2. The monoisotopic (exact) mass is 265 g/mol. The van der Waals surface area contributed by atoms with Gasteiger partial charge in [-0.1, -0.05) is 13.8 Å². The molecule has 0 saturated carbocycles. The van der Waals surface area contributed by atoms with Gasteiger partial charge in [-0.2, -0.15) is 0 Å². The van der Waals surface area contributed by atoms with Crippen molar-refractivity contribution in [1.29, 1.82) is 0 Å². The van der Waals surface area contributed by atoms with E-state index in [2.05, 4.69) is 15.3 Å². The maximum absolute atomic E-state index is 13.5. The molecule has 0 fully saturated rings. The summed E-state index contributed by atoms with van der Waals surface area (Å²) >= 11 is 0. The molecule has 6 heteroatoms. The topological polar surface area (TPSA) is 57.8 Å². The number of H-pyrrole nitrogens is 1. The van der Waals surface area contributed by atoms with E-state index in [1.54, 1.807) is 0 Å². The zero-order chi connectivity index (χ0) is 14.0. The van der Waals surface area contributed by atoms with E-state index in [4.69, 9.17) is 0 Å². The van der Waals surface area contributed by atoms with E-state index in [1.807, 2.05) is 13.8 Å². The van der Waals surface area contributed by atoms with Crippen molar-refractivity contribution >= 4 is 11.6 Å². The lowest BCUT2D eigenvalue weighted by atomic mass is 10.1. The van der Waals surface area contributed by atoms with Crippen molar-refractivity contribution in [3.63, 3.8) is 0 Å². The molecule has 0 amide bonds. The van der Waals surface area contributed by atoms with Crippen LogP contribution in [0, 0.1) is 11.6 Å². The number of aromatic amines is 1. The van der Waals surface area contributed by atoms with E-state index in [1.165, 1.54) is 12.1 Å². The van der Waals surface area contributed by atoms with E-state index in [0.29, 0.717) is 5.69 Å². The minimum atomic E-state index is -0.752. The van der Waals surface area contributed by atoms with E-state index in [0.717, 1.165) is 12.1 Å². The number of halogens is 2.